The van der Waals surface area contributed by atoms with Gasteiger partial charge in [-0.2, -0.15) is 0 Å². The van der Waals surface area contributed by atoms with Crippen molar-refractivity contribution in [1.82, 2.24) is 4.98 Å². The van der Waals surface area contributed by atoms with E-state index in [1.54, 1.807) is 0 Å². The van der Waals surface area contributed by atoms with E-state index in [1.165, 1.54) is 0 Å². The minimum absolute atomic E-state index is 0.209. The Morgan fingerprint density at radius 2 is 1.85 bits per heavy atom. The lowest BCUT2D eigenvalue weighted by Gasteiger charge is -2.29. The van der Waals surface area contributed by atoms with Gasteiger partial charge in [0.25, 0.3) is 0 Å². The smallest absolute Gasteiger partial charge is 0.145 e. The number of hydrogen-bond donors (Lipinski definition) is 1. The first-order valence-electron chi connectivity index (χ1n) is 7.02. The molecule has 3 heterocycles. The Hall–Kier alpha value is -1.40. The summed E-state index contributed by atoms with van der Waals surface area (Å²) in [4.78, 5) is 8.62. The van der Waals surface area contributed by atoms with Gasteiger partial charge >= 0.3 is 0 Å². The molecule has 2 fully saturated rings. The fourth-order valence-electron chi connectivity index (χ4n) is 2.68. The Kier molecular flexibility index (Phi) is 3.76. The summed E-state index contributed by atoms with van der Waals surface area (Å²) in [6.45, 7) is 5.59. The number of halogens is 1. The van der Waals surface area contributed by atoms with Crippen molar-refractivity contribution in [1.29, 1.82) is 0 Å². The van der Waals surface area contributed by atoms with Crippen molar-refractivity contribution in [3.63, 3.8) is 0 Å². The fourth-order valence-corrected chi connectivity index (χ4v) is 2.68. The van der Waals surface area contributed by atoms with E-state index >= 15 is 0 Å². The molecule has 1 aromatic heterocycles. The second kappa shape index (κ2) is 5.54. The SMILES string of the molecule is Cc1cc(N2CCOCC2)nc(N2C[C@H](O)[C@@H](F)C2)c1. The lowest BCUT2D eigenvalue weighted by atomic mass is 10.2. The highest BCUT2D eigenvalue weighted by Gasteiger charge is 2.32. The molecule has 0 spiro atoms. The summed E-state index contributed by atoms with van der Waals surface area (Å²) in [5, 5.41) is 9.55. The van der Waals surface area contributed by atoms with Gasteiger partial charge in [-0.1, -0.05) is 0 Å². The van der Waals surface area contributed by atoms with Crippen LogP contribution >= 0.6 is 0 Å². The molecule has 2 aliphatic rings. The van der Waals surface area contributed by atoms with Gasteiger partial charge in [-0.3, -0.25) is 0 Å². The number of aliphatic hydroxyl groups excluding tert-OH is 1. The molecule has 2 atom stereocenters. The third-order valence-corrected chi connectivity index (χ3v) is 3.82. The van der Waals surface area contributed by atoms with Crippen molar-refractivity contribution < 1.29 is 14.2 Å². The zero-order chi connectivity index (χ0) is 14.1. The number of aliphatic hydroxyl groups is 1. The molecular formula is C14H20FN3O2. The number of morpholine rings is 1. The molecule has 0 aromatic carbocycles. The lowest BCUT2D eigenvalue weighted by Crippen LogP contribution is -2.37. The normalized spacial score (nSPS) is 27.1. The van der Waals surface area contributed by atoms with E-state index in [9.17, 15) is 9.50 Å². The molecule has 0 aliphatic carbocycles. The van der Waals surface area contributed by atoms with Crippen LogP contribution in [-0.2, 0) is 4.74 Å². The minimum Gasteiger partial charge on any atom is -0.388 e. The van der Waals surface area contributed by atoms with Crippen LogP contribution in [0.5, 0.6) is 0 Å². The number of aryl methyl sites for hydroxylation is 1. The molecule has 1 aromatic rings. The Labute approximate surface area is 118 Å². The van der Waals surface area contributed by atoms with Crippen LogP contribution in [0.3, 0.4) is 0 Å². The van der Waals surface area contributed by atoms with Gasteiger partial charge in [0, 0.05) is 19.6 Å². The Morgan fingerprint density at radius 3 is 2.45 bits per heavy atom. The molecule has 0 saturated carbocycles. The molecule has 110 valence electrons. The van der Waals surface area contributed by atoms with Crippen molar-refractivity contribution in [3.8, 4) is 0 Å². The van der Waals surface area contributed by atoms with Gasteiger partial charge in [0.05, 0.1) is 19.8 Å². The van der Waals surface area contributed by atoms with Gasteiger partial charge in [0.1, 0.15) is 23.9 Å². The van der Waals surface area contributed by atoms with E-state index < -0.39 is 12.3 Å². The minimum atomic E-state index is -1.19. The van der Waals surface area contributed by atoms with Crippen LogP contribution in [0.15, 0.2) is 12.1 Å². The summed E-state index contributed by atoms with van der Waals surface area (Å²) in [6.07, 6.45) is -2.10. The van der Waals surface area contributed by atoms with E-state index in [0.717, 1.165) is 30.3 Å². The molecule has 1 N–H and O–H groups in total. The van der Waals surface area contributed by atoms with Crippen molar-refractivity contribution >= 4 is 11.6 Å². The second-order valence-electron chi connectivity index (χ2n) is 5.45. The van der Waals surface area contributed by atoms with Crippen LogP contribution in [0.1, 0.15) is 5.56 Å². The zero-order valence-electron chi connectivity index (χ0n) is 11.6. The molecule has 5 nitrogen and oxygen atoms in total. The molecule has 6 heteroatoms. The molecule has 2 aliphatic heterocycles. The van der Waals surface area contributed by atoms with Crippen molar-refractivity contribution in [3.05, 3.63) is 17.7 Å². The summed E-state index contributed by atoms with van der Waals surface area (Å²) in [5.74, 6) is 1.64. The van der Waals surface area contributed by atoms with Gasteiger partial charge in [-0.25, -0.2) is 9.37 Å². The first-order chi connectivity index (χ1) is 9.63. The summed E-state index contributed by atoms with van der Waals surface area (Å²) in [7, 11) is 0. The second-order valence-corrected chi connectivity index (χ2v) is 5.45. The highest BCUT2D eigenvalue weighted by atomic mass is 19.1. The number of β-amino-alcohol motifs (C(OH)–C–C–N with tert-alkyl or cyclic N) is 1. The van der Waals surface area contributed by atoms with E-state index in [4.69, 9.17) is 4.74 Å². The third-order valence-electron chi connectivity index (χ3n) is 3.82. The van der Waals surface area contributed by atoms with E-state index in [-0.39, 0.29) is 6.54 Å². The Bertz CT molecular complexity index is 469. The highest BCUT2D eigenvalue weighted by Crippen LogP contribution is 2.25. The number of hydrogen-bond acceptors (Lipinski definition) is 5. The molecule has 2 saturated heterocycles. The molecule has 0 radical (unpaired) electrons. The molecular weight excluding hydrogens is 261 g/mol. The standard InChI is InChI=1S/C14H20FN3O2/c1-10-6-13(17-2-4-20-5-3-17)16-14(7-10)18-8-11(15)12(19)9-18/h6-7,11-12,19H,2-5,8-9H2,1H3/t11-,12-/m0/s1. The topological polar surface area (TPSA) is 48.8 Å². The average Bonchev–Trinajstić information content (AvgIpc) is 2.79. The summed E-state index contributed by atoms with van der Waals surface area (Å²) in [6, 6.07) is 3.98. The van der Waals surface area contributed by atoms with Crippen LogP contribution in [0, 0.1) is 6.92 Å². The maximum atomic E-state index is 13.5. The number of rotatable bonds is 2. The number of aromatic nitrogens is 1. The maximum Gasteiger partial charge on any atom is 0.145 e. The zero-order valence-corrected chi connectivity index (χ0v) is 11.6. The number of ether oxygens (including phenoxy) is 1. The molecule has 3 rings (SSSR count). The number of alkyl halides is 1. The predicted molar refractivity (Wildman–Crippen MR) is 75.1 cm³/mol. The van der Waals surface area contributed by atoms with Crippen LogP contribution in [0.2, 0.25) is 0 Å². The quantitative estimate of drug-likeness (QED) is 0.867. The van der Waals surface area contributed by atoms with Crippen LogP contribution < -0.4 is 9.80 Å². The Morgan fingerprint density at radius 1 is 1.20 bits per heavy atom. The van der Waals surface area contributed by atoms with Crippen molar-refractivity contribution in [2.24, 2.45) is 0 Å². The molecule has 0 bridgehead atoms. The van der Waals surface area contributed by atoms with Gasteiger partial charge in [0.2, 0.25) is 0 Å². The van der Waals surface area contributed by atoms with E-state index in [1.807, 2.05) is 24.0 Å². The predicted octanol–water partition coefficient (Wildman–Crippen LogP) is 0.746. The monoisotopic (exact) mass is 281 g/mol. The highest BCUT2D eigenvalue weighted by molar-refractivity contribution is 5.52. The number of nitrogens with zero attached hydrogens (tertiary/aromatic N) is 3. The maximum absolute atomic E-state index is 13.5. The van der Waals surface area contributed by atoms with Gasteiger partial charge in [-0.05, 0) is 24.6 Å². The van der Waals surface area contributed by atoms with E-state index in [2.05, 4.69) is 9.88 Å². The first-order valence-corrected chi connectivity index (χ1v) is 7.02. The third kappa shape index (κ3) is 2.71. The molecule has 0 amide bonds. The Balaban J connectivity index is 1.83. The fraction of sp³-hybridized carbons (Fsp3) is 0.643. The summed E-state index contributed by atoms with van der Waals surface area (Å²) >= 11 is 0. The molecule has 20 heavy (non-hydrogen) atoms. The van der Waals surface area contributed by atoms with Gasteiger partial charge in [-0.15, -0.1) is 0 Å². The van der Waals surface area contributed by atoms with Gasteiger partial charge < -0.3 is 19.6 Å². The summed E-state index contributed by atoms with van der Waals surface area (Å²) in [5.41, 5.74) is 1.09. The number of anilines is 2. The van der Waals surface area contributed by atoms with Crippen molar-refractivity contribution in [2.75, 3.05) is 49.2 Å². The molecule has 0 unspecified atom stereocenters. The van der Waals surface area contributed by atoms with Crippen molar-refractivity contribution in [2.45, 2.75) is 19.2 Å². The van der Waals surface area contributed by atoms with Crippen LogP contribution in [-0.4, -0.2) is 61.8 Å². The van der Waals surface area contributed by atoms with E-state index in [0.29, 0.717) is 19.8 Å². The lowest BCUT2D eigenvalue weighted by molar-refractivity contribution is 0.118. The average molecular weight is 281 g/mol. The van der Waals surface area contributed by atoms with Gasteiger partial charge in [0.15, 0.2) is 0 Å². The number of pyridine rings is 1. The summed E-state index contributed by atoms with van der Waals surface area (Å²) < 4.78 is 18.8. The first kappa shape index (κ1) is 13.6. The van der Waals surface area contributed by atoms with Crippen LogP contribution in [0.4, 0.5) is 16.0 Å². The van der Waals surface area contributed by atoms with Crippen LogP contribution in [0.25, 0.3) is 0 Å². The largest absolute Gasteiger partial charge is 0.388 e.